The molecule has 1 heterocycles. The quantitative estimate of drug-likeness (QED) is 0.206. The molecule has 0 unspecified atom stereocenters. The largest absolute Gasteiger partial charge is 0.556 e. The average molecular weight is 167 g/mol. The van der Waals surface area contributed by atoms with E-state index in [4.69, 9.17) is 5.41 Å². The van der Waals surface area contributed by atoms with Crippen molar-refractivity contribution in [1.29, 1.82) is 5.41 Å². The van der Waals surface area contributed by atoms with E-state index in [0.29, 0.717) is 6.32 Å². The Morgan fingerprint density at radius 3 is 2.92 bits per heavy atom. The minimum atomic E-state index is -0.126. The molecular weight excluding hydrogens is 155 g/mol. The molecule has 1 fully saturated rings. The van der Waals surface area contributed by atoms with Gasteiger partial charge in [-0.1, -0.05) is 0 Å². The van der Waals surface area contributed by atoms with Crippen molar-refractivity contribution in [3.05, 3.63) is 0 Å². The fourth-order valence-electron chi connectivity index (χ4n) is 1.34. The minimum Gasteiger partial charge on any atom is -0.556 e. The van der Waals surface area contributed by atoms with Crippen LogP contribution in [0.2, 0.25) is 6.32 Å². The van der Waals surface area contributed by atoms with E-state index in [1.807, 2.05) is 13.8 Å². The van der Waals surface area contributed by atoms with Crippen molar-refractivity contribution in [3.8, 4) is 0 Å². The molecule has 1 rings (SSSR count). The molecule has 0 bridgehead atoms. The Balaban J connectivity index is 2.31. The first-order valence-electron chi connectivity index (χ1n) is 3.86. The smallest absolute Gasteiger partial charge is 0.372 e. The van der Waals surface area contributed by atoms with Crippen molar-refractivity contribution >= 4 is 19.8 Å². The highest BCUT2D eigenvalue weighted by Gasteiger charge is 2.45. The number of hydrogen-bond donors (Lipinski definition) is 2. The summed E-state index contributed by atoms with van der Waals surface area (Å²) in [4.78, 5) is 11.0. The maximum absolute atomic E-state index is 11.0. The summed E-state index contributed by atoms with van der Waals surface area (Å²) in [5.74, 6) is 0.0438. The van der Waals surface area contributed by atoms with Gasteiger partial charge in [-0.25, -0.2) is 0 Å². The molecule has 1 amide bonds. The van der Waals surface area contributed by atoms with Crippen molar-refractivity contribution in [3.63, 3.8) is 0 Å². The summed E-state index contributed by atoms with van der Waals surface area (Å²) >= 11 is 0. The van der Waals surface area contributed by atoms with E-state index in [2.05, 4.69) is 9.97 Å². The Bertz CT molecular complexity index is 206. The van der Waals surface area contributed by atoms with E-state index in [9.17, 15) is 4.79 Å². The van der Waals surface area contributed by atoms with Gasteiger partial charge >= 0.3 is 7.48 Å². The van der Waals surface area contributed by atoms with Gasteiger partial charge in [0.15, 0.2) is 0 Å². The Morgan fingerprint density at radius 1 is 1.83 bits per heavy atom. The van der Waals surface area contributed by atoms with Gasteiger partial charge in [-0.15, -0.1) is 0 Å². The fraction of sp³-hybridized carbons (Fsp3) is 0.714. The molecule has 2 N–H and O–H groups in total. The van der Waals surface area contributed by atoms with E-state index in [1.54, 1.807) is 0 Å². The molecule has 0 spiro atoms. The van der Waals surface area contributed by atoms with E-state index in [-0.39, 0.29) is 17.4 Å². The summed E-state index contributed by atoms with van der Waals surface area (Å²) < 4.78 is 4.62. The van der Waals surface area contributed by atoms with Crippen LogP contribution in [0.4, 0.5) is 0 Å². The third kappa shape index (κ3) is 1.60. The van der Waals surface area contributed by atoms with Crippen molar-refractivity contribution < 1.29 is 9.45 Å². The van der Waals surface area contributed by atoms with Gasteiger partial charge in [0.2, 0.25) is 5.91 Å². The molecule has 0 aliphatic carbocycles. The molecule has 0 aromatic rings. The van der Waals surface area contributed by atoms with Crippen molar-refractivity contribution in [2.45, 2.75) is 25.7 Å². The molecule has 1 atom stereocenters. The number of carbonyl (C=O) groups is 1. The maximum Gasteiger partial charge on any atom is 0.372 e. The van der Waals surface area contributed by atoms with Crippen LogP contribution in [0.3, 0.4) is 0 Å². The van der Waals surface area contributed by atoms with Crippen LogP contribution in [0, 0.1) is 11.3 Å². The summed E-state index contributed by atoms with van der Waals surface area (Å²) in [6.45, 7) is 3.94. The van der Waals surface area contributed by atoms with Crippen LogP contribution in [0.15, 0.2) is 0 Å². The second-order valence-electron chi connectivity index (χ2n) is 3.42. The third-order valence-corrected chi connectivity index (χ3v) is 2.13. The Hall–Kier alpha value is -0.995. The number of carbonyl (C=O) groups excluding carboxylic acids is 1. The standard InChI is InChI=1S/C7H12BN2O2/c1-7(2)5(6(11)10-7)3-8-12-4-9/h4-5,9H,3H2,1-2H3,(H,10,11)/t5-/m0/s1. The molecule has 0 aromatic heterocycles. The Labute approximate surface area is 72.5 Å². The molecule has 12 heavy (non-hydrogen) atoms. The van der Waals surface area contributed by atoms with E-state index in [0.717, 1.165) is 6.40 Å². The lowest BCUT2D eigenvalue weighted by molar-refractivity contribution is -0.138. The summed E-state index contributed by atoms with van der Waals surface area (Å²) in [6, 6.07) is 0. The maximum atomic E-state index is 11.0. The first-order valence-corrected chi connectivity index (χ1v) is 3.86. The van der Waals surface area contributed by atoms with Crippen LogP contribution in [-0.2, 0) is 9.45 Å². The van der Waals surface area contributed by atoms with Crippen molar-refractivity contribution in [1.82, 2.24) is 5.32 Å². The predicted molar refractivity (Wildman–Crippen MR) is 46.1 cm³/mol. The average Bonchev–Trinajstić information content (AvgIpc) is 1.97. The molecule has 1 aliphatic heterocycles. The molecule has 0 aromatic carbocycles. The summed E-state index contributed by atoms with van der Waals surface area (Å²) in [5, 5.41) is 9.38. The first kappa shape index (κ1) is 9.10. The molecule has 1 saturated heterocycles. The first-order chi connectivity index (χ1) is 5.58. The van der Waals surface area contributed by atoms with Crippen LogP contribution in [0.1, 0.15) is 13.8 Å². The lowest BCUT2D eigenvalue weighted by Crippen LogP contribution is -2.65. The van der Waals surface area contributed by atoms with Gasteiger partial charge in [0.25, 0.3) is 0 Å². The zero-order valence-electron chi connectivity index (χ0n) is 7.26. The van der Waals surface area contributed by atoms with Crippen LogP contribution in [0.25, 0.3) is 0 Å². The van der Waals surface area contributed by atoms with Crippen molar-refractivity contribution in [2.24, 2.45) is 5.92 Å². The topological polar surface area (TPSA) is 62.2 Å². The molecule has 1 aliphatic rings. The molecule has 65 valence electrons. The van der Waals surface area contributed by atoms with Crippen molar-refractivity contribution in [2.75, 3.05) is 0 Å². The number of hydrogen-bond acceptors (Lipinski definition) is 3. The number of rotatable bonds is 4. The monoisotopic (exact) mass is 167 g/mol. The summed E-state index contributed by atoms with van der Waals surface area (Å²) in [5.41, 5.74) is -0.126. The second kappa shape index (κ2) is 3.17. The molecular formula is C7H12BN2O2. The van der Waals surface area contributed by atoms with E-state index >= 15 is 0 Å². The SMILES string of the molecule is CC1(C)NC(=O)[C@@H]1C[B]OC=N. The number of nitrogens with one attached hydrogen (secondary N) is 2. The zero-order chi connectivity index (χ0) is 9.19. The fourth-order valence-corrected chi connectivity index (χ4v) is 1.34. The summed E-state index contributed by atoms with van der Waals surface area (Å²) in [6.07, 6.45) is 1.41. The molecule has 0 saturated carbocycles. The number of β-lactam (4-membered cyclic amide) rings is 1. The van der Waals surface area contributed by atoms with Crippen LogP contribution < -0.4 is 5.32 Å². The van der Waals surface area contributed by atoms with Gasteiger partial charge in [0, 0.05) is 5.54 Å². The van der Waals surface area contributed by atoms with Crippen LogP contribution in [0.5, 0.6) is 0 Å². The van der Waals surface area contributed by atoms with Crippen LogP contribution >= 0.6 is 0 Å². The van der Waals surface area contributed by atoms with Gasteiger partial charge in [-0.3, -0.25) is 10.2 Å². The minimum absolute atomic E-state index is 0.0163. The van der Waals surface area contributed by atoms with Gasteiger partial charge in [-0.2, -0.15) is 0 Å². The normalized spacial score (nSPS) is 25.2. The lowest BCUT2D eigenvalue weighted by Gasteiger charge is -2.44. The van der Waals surface area contributed by atoms with Gasteiger partial charge in [0.1, 0.15) is 6.40 Å². The highest BCUT2D eigenvalue weighted by molar-refractivity contribution is 6.30. The van der Waals surface area contributed by atoms with E-state index in [1.165, 1.54) is 7.48 Å². The second-order valence-corrected chi connectivity index (χ2v) is 3.42. The lowest BCUT2D eigenvalue weighted by atomic mass is 9.69. The highest BCUT2D eigenvalue weighted by atomic mass is 16.4. The van der Waals surface area contributed by atoms with Gasteiger partial charge in [-0.05, 0) is 20.2 Å². The van der Waals surface area contributed by atoms with Gasteiger partial charge < -0.3 is 9.97 Å². The van der Waals surface area contributed by atoms with Crippen LogP contribution in [-0.4, -0.2) is 25.3 Å². The predicted octanol–water partition coefficient (Wildman–Crippen LogP) is 0.172. The zero-order valence-corrected chi connectivity index (χ0v) is 7.26. The molecule has 1 radical (unpaired) electrons. The highest BCUT2D eigenvalue weighted by Crippen LogP contribution is 2.29. The molecule has 4 nitrogen and oxygen atoms in total. The van der Waals surface area contributed by atoms with E-state index < -0.39 is 0 Å². The summed E-state index contributed by atoms with van der Waals surface area (Å²) in [7, 11) is 1.48. The van der Waals surface area contributed by atoms with Gasteiger partial charge in [0.05, 0.1) is 5.92 Å². The number of amides is 1. The Morgan fingerprint density at radius 2 is 2.50 bits per heavy atom. The third-order valence-electron chi connectivity index (χ3n) is 2.13. The molecule has 5 heteroatoms. The Kier molecular flexibility index (Phi) is 2.40.